The van der Waals surface area contributed by atoms with Gasteiger partial charge >= 0.3 is 0 Å². The first-order valence-corrected chi connectivity index (χ1v) is 9.29. The van der Waals surface area contributed by atoms with E-state index in [4.69, 9.17) is 0 Å². The van der Waals surface area contributed by atoms with Gasteiger partial charge in [0.25, 0.3) is 5.91 Å². The second-order valence-electron chi connectivity index (χ2n) is 7.35. The lowest BCUT2D eigenvalue weighted by Crippen LogP contribution is -2.59. The SMILES string of the molecule is O=C(c1ccncc1F)N1CCC(O)(c2ccccc2)[C@H]2CCCC[C@H]21. The van der Waals surface area contributed by atoms with Crippen molar-refractivity contribution in [2.24, 2.45) is 5.92 Å². The molecular weight excluding hydrogens is 331 g/mol. The molecule has 1 aromatic heterocycles. The highest BCUT2D eigenvalue weighted by molar-refractivity contribution is 5.94. The zero-order valence-electron chi connectivity index (χ0n) is 14.6. The molecule has 1 unspecified atom stereocenters. The van der Waals surface area contributed by atoms with Gasteiger partial charge < -0.3 is 10.0 Å². The number of aliphatic hydroxyl groups is 1. The summed E-state index contributed by atoms with van der Waals surface area (Å²) in [6.07, 6.45) is 6.78. The molecule has 5 heteroatoms. The van der Waals surface area contributed by atoms with Gasteiger partial charge in [-0.05, 0) is 30.9 Å². The molecule has 1 aliphatic carbocycles. The second-order valence-corrected chi connectivity index (χ2v) is 7.35. The Balaban J connectivity index is 1.67. The maximum atomic E-state index is 14.1. The van der Waals surface area contributed by atoms with Gasteiger partial charge in [-0.15, -0.1) is 0 Å². The predicted molar refractivity (Wildman–Crippen MR) is 95.9 cm³/mol. The number of pyridine rings is 1. The van der Waals surface area contributed by atoms with Crippen molar-refractivity contribution in [3.8, 4) is 0 Å². The van der Waals surface area contributed by atoms with Crippen LogP contribution in [0.1, 0.15) is 48.0 Å². The molecule has 26 heavy (non-hydrogen) atoms. The van der Waals surface area contributed by atoms with Crippen LogP contribution >= 0.6 is 0 Å². The fourth-order valence-corrected chi connectivity index (χ4v) is 4.72. The largest absolute Gasteiger partial charge is 0.385 e. The molecule has 3 atom stereocenters. The summed E-state index contributed by atoms with van der Waals surface area (Å²) in [6, 6.07) is 11.1. The lowest BCUT2D eigenvalue weighted by molar-refractivity contribution is -0.110. The average molecular weight is 354 g/mol. The molecule has 0 bridgehead atoms. The smallest absolute Gasteiger partial charge is 0.257 e. The molecule has 2 aliphatic rings. The normalized spacial score (nSPS) is 28.5. The Morgan fingerprint density at radius 2 is 1.96 bits per heavy atom. The third-order valence-electron chi connectivity index (χ3n) is 6.01. The molecule has 1 aliphatic heterocycles. The van der Waals surface area contributed by atoms with Gasteiger partial charge in [-0.1, -0.05) is 43.2 Å². The van der Waals surface area contributed by atoms with Crippen LogP contribution in [0.15, 0.2) is 48.8 Å². The molecule has 0 spiro atoms. The summed E-state index contributed by atoms with van der Waals surface area (Å²) in [7, 11) is 0. The van der Waals surface area contributed by atoms with Crippen LogP contribution in [-0.4, -0.2) is 33.5 Å². The number of likely N-dealkylation sites (tertiary alicyclic amines) is 1. The molecule has 0 radical (unpaired) electrons. The van der Waals surface area contributed by atoms with Crippen LogP contribution < -0.4 is 0 Å². The van der Waals surface area contributed by atoms with E-state index in [9.17, 15) is 14.3 Å². The van der Waals surface area contributed by atoms with Crippen LogP contribution in [0, 0.1) is 11.7 Å². The minimum Gasteiger partial charge on any atom is -0.385 e. The van der Waals surface area contributed by atoms with Gasteiger partial charge in [-0.25, -0.2) is 4.39 Å². The van der Waals surface area contributed by atoms with E-state index >= 15 is 0 Å². The monoisotopic (exact) mass is 354 g/mol. The molecule has 4 rings (SSSR count). The van der Waals surface area contributed by atoms with E-state index < -0.39 is 11.4 Å². The molecule has 2 heterocycles. The number of piperidine rings is 1. The van der Waals surface area contributed by atoms with Gasteiger partial charge in [-0.2, -0.15) is 0 Å². The van der Waals surface area contributed by atoms with E-state index in [0.717, 1.165) is 37.4 Å². The summed E-state index contributed by atoms with van der Waals surface area (Å²) in [6.45, 7) is 0.424. The number of hydrogen-bond acceptors (Lipinski definition) is 3. The molecule has 1 saturated carbocycles. The van der Waals surface area contributed by atoms with Crippen molar-refractivity contribution in [1.29, 1.82) is 0 Å². The van der Waals surface area contributed by atoms with Crippen LogP contribution in [0.3, 0.4) is 0 Å². The van der Waals surface area contributed by atoms with E-state index in [-0.39, 0.29) is 23.4 Å². The molecule has 2 aromatic rings. The number of aromatic nitrogens is 1. The Bertz CT molecular complexity index is 798. The molecule has 1 N–H and O–H groups in total. The zero-order chi connectivity index (χ0) is 18.1. The first-order chi connectivity index (χ1) is 12.6. The van der Waals surface area contributed by atoms with Crippen LogP contribution in [-0.2, 0) is 5.60 Å². The average Bonchev–Trinajstić information content (AvgIpc) is 2.69. The van der Waals surface area contributed by atoms with E-state index in [1.807, 2.05) is 30.3 Å². The van der Waals surface area contributed by atoms with Crippen molar-refractivity contribution >= 4 is 5.91 Å². The number of carbonyl (C=O) groups excluding carboxylic acids is 1. The summed E-state index contributed by atoms with van der Waals surface area (Å²) < 4.78 is 14.1. The van der Waals surface area contributed by atoms with E-state index in [0.29, 0.717) is 13.0 Å². The van der Waals surface area contributed by atoms with Crippen molar-refractivity contribution < 1.29 is 14.3 Å². The maximum absolute atomic E-state index is 14.1. The van der Waals surface area contributed by atoms with Crippen LogP contribution in [0.2, 0.25) is 0 Å². The molecule has 1 saturated heterocycles. The van der Waals surface area contributed by atoms with Crippen LogP contribution in [0.25, 0.3) is 0 Å². The highest BCUT2D eigenvalue weighted by Crippen LogP contribution is 2.47. The summed E-state index contributed by atoms with van der Waals surface area (Å²) in [4.78, 5) is 18.5. The minimum atomic E-state index is -0.931. The number of rotatable bonds is 2. The molecule has 4 nitrogen and oxygen atoms in total. The van der Waals surface area contributed by atoms with Crippen molar-refractivity contribution in [3.63, 3.8) is 0 Å². The molecule has 1 amide bonds. The van der Waals surface area contributed by atoms with E-state index in [1.54, 1.807) is 4.90 Å². The first kappa shape index (κ1) is 17.2. The third kappa shape index (κ3) is 2.80. The van der Waals surface area contributed by atoms with Gasteiger partial charge in [0.15, 0.2) is 5.82 Å². The van der Waals surface area contributed by atoms with Crippen LogP contribution in [0.5, 0.6) is 0 Å². The fourth-order valence-electron chi connectivity index (χ4n) is 4.72. The van der Waals surface area contributed by atoms with Crippen LogP contribution in [0.4, 0.5) is 4.39 Å². The molecule has 136 valence electrons. The van der Waals surface area contributed by atoms with E-state index in [1.165, 1.54) is 12.3 Å². The second kappa shape index (κ2) is 6.80. The quantitative estimate of drug-likeness (QED) is 0.898. The molecular formula is C21H23FN2O2. The Kier molecular flexibility index (Phi) is 4.49. The topological polar surface area (TPSA) is 53.4 Å². The van der Waals surface area contributed by atoms with Crippen molar-refractivity contribution in [1.82, 2.24) is 9.88 Å². The summed E-state index contributed by atoms with van der Waals surface area (Å²) in [5, 5.41) is 11.5. The number of halogens is 1. The number of amides is 1. The highest BCUT2D eigenvalue weighted by Gasteiger charge is 2.50. The Hall–Kier alpha value is -2.27. The number of nitrogens with zero attached hydrogens (tertiary/aromatic N) is 2. The van der Waals surface area contributed by atoms with Gasteiger partial charge in [0, 0.05) is 24.7 Å². The minimum absolute atomic E-state index is 0.0266. The summed E-state index contributed by atoms with van der Waals surface area (Å²) >= 11 is 0. The Morgan fingerprint density at radius 3 is 2.73 bits per heavy atom. The highest BCUT2D eigenvalue weighted by atomic mass is 19.1. The van der Waals surface area contributed by atoms with Gasteiger partial charge in [0.05, 0.1) is 17.4 Å². The van der Waals surface area contributed by atoms with Crippen molar-refractivity contribution in [3.05, 3.63) is 65.7 Å². The van der Waals surface area contributed by atoms with Gasteiger partial charge in [-0.3, -0.25) is 9.78 Å². The lowest BCUT2D eigenvalue weighted by atomic mass is 9.66. The summed E-state index contributed by atoms with van der Waals surface area (Å²) in [5.74, 6) is -0.910. The van der Waals surface area contributed by atoms with Gasteiger partial charge in [0.1, 0.15) is 0 Å². The first-order valence-electron chi connectivity index (χ1n) is 9.29. The van der Waals surface area contributed by atoms with Crippen molar-refractivity contribution in [2.45, 2.75) is 43.7 Å². The predicted octanol–water partition coefficient (Wildman–Crippen LogP) is 3.51. The lowest BCUT2D eigenvalue weighted by Gasteiger charge is -2.52. The number of carbonyl (C=O) groups is 1. The number of hydrogen-bond donors (Lipinski definition) is 1. The standard InChI is InChI=1S/C21H23FN2O2/c22-18-14-23-12-10-16(18)20(25)24-13-11-21(26,15-6-2-1-3-7-15)17-8-4-5-9-19(17)24/h1-3,6-7,10,12,14,17,19,26H,4-5,8-9,11,13H2/t17-,19+,21?/m0/s1. The molecule has 2 fully saturated rings. The van der Waals surface area contributed by atoms with Crippen molar-refractivity contribution in [2.75, 3.05) is 6.54 Å². The molecule has 1 aromatic carbocycles. The zero-order valence-corrected chi connectivity index (χ0v) is 14.6. The third-order valence-corrected chi connectivity index (χ3v) is 6.01. The Morgan fingerprint density at radius 1 is 1.19 bits per heavy atom. The summed E-state index contributed by atoms with van der Waals surface area (Å²) in [5.41, 5.74) is 0.0495. The maximum Gasteiger partial charge on any atom is 0.257 e. The Labute approximate surface area is 152 Å². The van der Waals surface area contributed by atoms with E-state index in [2.05, 4.69) is 4.98 Å². The number of fused-ring (bicyclic) bond motifs is 1. The fraction of sp³-hybridized carbons (Fsp3) is 0.429. The number of benzene rings is 1. The van der Waals surface area contributed by atoms with Gasteiger partial charge in [0.2, 0.25) is 0 Å².